The van der Waals surface area contributed by atoms with Crippen LogP contribution in [0.2, 0.25) is 0 Å². The van der Waals surface area contributed by atoms with Crippen LogP contribution in [0.15, 0.2) is 17.3 Å². The van der Waals surface area contributed by atoms with Gasteiger partial charge in [0.1, 0.15) is 4.90 Å². The third kappa shape index (κ3) is 4.03. The van der Waals surface area contributed by atoms with Crippen LogP contribution in [-0.2, 0) is 28.9 Å². The molecular weight excluding hydrogens is 398 g/mol. The van der Waals surface area contributed by atoms with Gasteiger partial charge < -0.3 is 10.6 Å². The van der Waals surface area contributed by atoms with E-state index < -0.39 is 21.8 Å². The second-order valence-corrected chi connectivity index (χ2v) is 8.96. The lowest BCUT2D eigenvalue weighted by Gasteiger charge is -2.31. The molecule has 158 valence electrons. The zero-order valence-electron chi connectivity index (χ0n) is 16.8. The number of rotatable bonds is 5. The third-order valence-corrected chi connectivity index (χ3v) is 7.06. The molecule has 2 aromatic rings. The van der Waals surface area contributed by atoms with Gasteiger partial charge >= 0.3 is 0 Å². The van der Waals surface area contributed by atoms with Crippen LogP contribution in [0, 0.1) is 12.8 Å². The van der Waals surface area contributed by atoms with Gasteiger partial charge in [0.15, 0.2) is 5.69 Å². The van der Waals surface area contributed by atoms with E-state index in [9.17, 15) is 18.0 Å². The van der Waals surface area contributed by atoms with E-state index in [2.05, 4.69) is 20.8 Å². The lowest BCUT2D eigenvalue weighted by Crippen LogP contribution is -2.43. The van der Waals surface area contributed by atoms with Crippen molar-refractivity contribution >= 4 is 27.5 Å². The average molecular weight is 423 g/mol. The highest BCUT2D eigenvalue weighted by Gasteiger charge is 2.35. The normalized spacial score (nSPS) is 17.9. The Balaban J connectivity index is 1.77. The molecule has 0 radical (unpaired) electrons. The summed E-state index contributed by atoms with van der Waals surface area (Å²) in [5.41, 5.74) is 0.941. The first-order valence-electron chi connectivity index (χ1n) is 9.20. The highest BCUT2D eigenvalue weighted by molar-refractivity contribution is 7.89. The maximum Gasteiger partial charge on any atom is 0.273 e. The predicted octanol–water partition coefficient (Wildman–Crippen LogP) is -0.139. The zero-order chi connectivity index (χ0) is 21.3. The van der Waals surface area contributed by atoms with Crippen molar-refractivity contribution in [1.82, 2.24) is 29.2 Å². The molecule has 0 bridgehead atoms. The molecule has 0 aromatic carbocycles. The molecule has 0 aliphatic carbocycles. The molecule has 11 nitrogen and oxygen atoms in total. The van der Waals surface area contributed by atoms with E-state index in [1.54, 1.807) is 27.2 Å². The molecule has 3 heterocycles. The summed E-state index contributed by atoms with van der Waals surface area (Å²) in [6, 6.07) is 0. The molecule has 29 heavy (non-hydrogen) atoms. The van der Waals surface area contributed by atoms with Gasteiger partial charge in [0.2, 0.25) is 15.9 Å². The van der Waals surface area contributed by atoms with E-state index in [-0.39, 0.29) is 23.0 Å². The Labute approximate surface area is 169 Å². The number of anilines is 1. The number of nitrogens with zero attached hydrogens (tertiary/aromatic N) is 5. The topological polar surface area (TPSA) is 131 Å². The monoisotopic (exact) mass is 423 g/mol. The molecule has 1 saturated heterocycles. The van der Waals surface area contributed by atoms with Gasteiger partial charge in [0.05, 0.1) is 23.5 Å². The van der Waals surface area contributed by atoms with Crippen molar-refractivity contribution < 1.29 is 18.0 Å². The summed E-state index contributed by atoms with van der Waals surface area (Å²) >= 11 is 0. The highest BCUT2D eigenvalue weighted by Crippen LogP contribution is 2.26. The van der Waals surface area contributed by atoms with E-state index in [4.69, 9.17) is 0 Å². The quantitative estimate of drug-likeness (QED) is 0.688. The number of nitrogens with one attached hydrogen (secondary N) is 2. The maximum absolute atomic E-state index is 13.0. The van der Waals surface area contributed by atoms with Crippen molar-refractivity contribution in [3.8, 4) is 0 Å². The number of amides is 2. The van der Waals surface area contributed by atoms with Crippen LogP contribution >= 0.6 is 0 Å². The molecule has 2 aromatic heterocycles. The van der Waals surface area contributed by atoms with Crippen molar-refractivity contribution in [2.24, 2.45) is 20.0 Å². The molecule has 1 aliphatic heterocycles. The number of carbonyl (C=O) groups is 2. The number of piperidine rings is 1. The average Bonchev–Trinajstić information content (AvgIpc) is 3.23. The molecule has 2 amide bonds. The van der Waals surface area contributed by atoms with Gasteiger partial charge in [-0.25, -0.2) is 8.42 Å². The number of carbonyl (C=O) groups excluding carboxylic acids is 2. The van der Waals surface area contributed by atoms with E-state index >= 15 is 0 Å². The summed E-state index contributed by atoms with van der Waals surface area (Å²) in [6.07, 6.45) is 3.99. The second-order valence-electron chi connectivity index (χ2n) is 7.05. The van der Waals surface area contributed by atoms with Crippen LogP contribution in [0.4, 0.5) is 5.69 Å². The molecule has 1 aliphatic rings. The first kappa shape index (κ1) is 21.0. The zero-order valence-corrected chi connectivity index (χ0v) is 17.7. The summed E-state index contributed by atoms with van der Waals surface area (Å²) in [5.74, 6) is -1.29. The summed E-state index contributed by atoms with van der Waals surface area (Å²) in [7, 11) is 1.06. The van der Waals surface area contributed by atoms with Gasteiger partial charge in [-0.15, -0.1) is 0 Å². The number of aromatic nitrogens is 4. The fourth-order valence-corrected chi connectivity index (χ4v) is 5.06. The van der Waals surface area contributed by atoms with Crippen molar-refractivity contribution in [3.05, 3.63) is 23.8 Å². The van der Waals surface area contributed by atoms with Crippen molar-refractivity contribution in [3.63, 3.8) is 0 Å². The molecule has 12 heteroatoms. The third-order valence-electron chi connectivity index (χ3n) is 5.09. The summed E-state index contributed by atoms with van der Waals surface area (Å²) < 4.78 is 30.3. The summed E-state index contributed by atoms with van der Waals surface area (Å²) in [5, 5.41) is 13.3. The van der Waals surface area contributed by atoms with E-state index in [0.29, 0.717) is 30.8 Å². The van der Waals surface area contributed by atoms with Crippen molar-refractivity contribution in [2.45, 2.75) is 24.7 Å². The predicted molar refractivity (Wildman–Crippen MR) is 105 cm³/mol. The standard InChI is InChI=1S/C17H25N7O4S/c1-11-14(8-19-23(11)4)29(27,28)24-7-5-6-12(9-24)16(25)20-13-10-22(3)21-15(13)17(26)18-2/h8,10,12H,5-7,9H2,1-4H3,(H,18,26)(H,20,25)/t12-/m1/s1. The molecule has 2 N–H and O–H groups in total. The number of hydrogen-bond donors (Lipinski definition) is 2. The maximum atomic E-state index is 13.0. The minimum absolute atomic E-state index is 0.0675. The Hall–Kier alpha value is -2.73. The van der Waals surface area contributed by atoms with Crippen LogP contribution in [0.5, 0.6) is 0 Å². The Morgan fingerprint density at radius 1 is 1.28 bits per heavy atom. The fraction of sp³-hybridized carbons (Fsp3) is 0.529. The van der Waals surface area contributed by atoms with Gasteiger partial charge in [0, 0.05) is 40.4 Å². The second kappa shape index (κ2) is 7.95. The first-order valence-corrected chi connectivity index (χ1v) is 10.6. The summed E-state index contributed by atoms with van der Waals surface area (Å²) in [4.78, 5) is 24.9. The Morgan fingerprint density at radius 2 is 2.00 bits per heavy atom. The minimum atomic E-state index is -3.74. The smallest absolute Gasteiger partial charge is 0.273 e. The first-order chi connectivity index (χ1) is 13.6. The lowest BCUT2D eigenvalue weighted by molar-refractivity contribution is -0.120. The Kier molecular flexibility index (Phi) is 5.75. The Bertz CT molecular complexity index is 1040. The molecule has 1 fully saturated rings. The molecule has 1 atom stereocenters. The van der Waals surface area contributed by atoms with Crippen LogP contribution in [-0.4, -0.2) is 64.2 Å². The van der Waals surface area contributed by atoms with Crippen LogP contribution < -0.4 is 10.6 Å². The van der Waals surface area contributed by atoms with Crippen molar-refractivity contribution in [1.29, 1.82) is 0 Å². The Morgan fingerprint density at radius 3 is 2.62 bits per heavy atom. The molecule has 0 saturated carbocycles. The van der Waals surface area contributed by atoms with Gasteiger partial charge in [-0.3, -0.25) is 19.0 Å². The van der Waals surface area contributed by atoms with Gasteiger partial charge in [0.25, 0.3) is 5.91 Å². The van der Waals surface area contributed by atoms with Gasteiger partial charge in [-0.1, -0.05) is 0 Å². The molecule has 0 spiro atoms. The summed E-state index contributed by atoms with van der Waals surface area (Å²) in [6.45, 7) is 2.10. The molecule has 0 unspecified atom stereocenters. The van der Waals surface area contributed by atoms with Crippen molar-refractivity contribution in [2.75, 3.05) is 25.5 Å². The minimum Gasteiger partial charge on any atom is -0.354 e. The number of hydrogen-bond acceptors (Lipinski definition) is 6. The number of aryl methyl sites for hydroxylation is 2. The van der Waals surface area contributed by atoms with Crippen LogP contribution in [0.25, 0.3) is 0 Å². The largest absolute Gasteiger partial charge is 0.354 e. The van der Waals surface area contributed by atoms with Gasteiger partial charge in [-0.05, 0) is 19.8 Å². The number of sulfonamides is 1. The molecule has 3 rings (SSSR count). The molecular formula is C17H25N7O4S. The lowest BCUT2D eigenvalue weighted by atomic mass is 9.99. The van der Waals surface area contributed by atoms with Gasteiger partial charge in [-0.2, -0.15) is 14.5 Å². The fourth-order valence-electron chi connectivity index (χ4n) is 3.35. The van der Waals surface area contributed by atoms with Crippen LogP contribution in [0.3, 0.4) is 0 Å². The SMILES string of the molecule is CNC(=O)c1nn(C)cc1NC(=O)[C@@H]1CCCN(S(=O)(=O)c2cnn(C)c2C)C1. The highest BCUT2D eigenvalue weighted by atomic mass is 32.2. The van der Waals surface area contributed by atoms with E-state index in [0.717, 1.165) is 0 Å². The van der Waals surface area contributed by atoms with E-state index in [1.807, 2.05) is 0 Å². The van der Waals surface area contributed by atoms with E-state index in [1.165, 1.54) is 26.9 Å². The van der Waals surface area contributed by atoms with Crippen LogP contribution in [0.1, 0.15) is 29.0 Å².